The Labute approximate surface area is 156 Å². The topological polar surface area (TPSA) is 108 Å². The summed E-state index contributed by atoms with van der Waals surface area (Å²) < 4.78 is 10.3. The molecule has 8 heteroatoms. The van der Waals surface area contributed by atoms with Crippen molar-refractivity contribution in [3.8, 4) is 5.75 Å². The summed E-state index contributed by atoms with van der Waals surface area (Å²) in [6.45, 7) is 4.44. The summed E-state index contributed by atoms with van der Waals surface area (Å²) in [5.41, 5.74) is 1.35. The third-order valence-electron chi connectivity index (χ3n) is 3.82. The van der Waals surface area contributed by atoms with Crippen molar-refractivity contribution < 1.29 is 24.0 Å². The lowest BCUT2D eigenvalue weighted by Crippen LogP contribution is -2.29. The van der Waals surface area contributed by atoms with Gasteiger partial charge in [-0.1, -0.05) is 18.2 Å². The standard InChI is InChI=1S/C19H20N2O6/c1-12-9-16(17(21(24)25)10-13(12)2)20-18(22)11-26-19(23)14(3)27-15-7-5-4-6-8-15/h4-10,14H,11H2,1-3H3,(H,20,22)/t14-/m0/s1. The van der Waals surface area contributed by atoms with E-state index in [1.54, 1.807) is 38.1 Å². The minimum Gasteiger partial charge on any atom is -0.479 e. The van der Waals surface area contributed by atoms with Crippen LogP contribution in [0.1, 0.15) is 18.1 Å². The molecular formula is C19H20N2O6. The van der Waals surface area contributed by atoms with Gasteiger partial charge in [0, 0.05) is 6.07 Å². The number of ether oxygens (including phenoxy) is 2. The van der Waals surface area contributed by atoms with E-state index >= 15 is 0 Å². The fraction of sp³-hybridized carbons (Fsp3) is 0.263. The zero-order valence-electron chi connectivity index (χ0n) is 15.2. The number of hydrogen-bond acceptors (Lipinski definition) is 6. The van der Waals surface area contributed by atoms with Crippen LogP contribution in [0.4, 0.5) is 11.4 Å². The zero-order chi connectivity index (χ0) is 20.0. The fourth-order valence-electron chi connectivity index (χ4n) is 2.24. The number of nitro benzene ring substituents is 1. The molecule has 2 rings (SSSR count). The Morgan fingerprint density at radius 1 is 1.15 bits per heavy atom. The van der Waals surface area contributed by atoms with Crippen LogP contribution in [0.15, 0.2) is 42.5 Å². The summed E-state index contributed by atoms with van der Waals surface area (Å²) in [6.07, 6.45) is -0.906. The van der Waals surface area contributed by atoms with Gasteiger partial charge in [-0.3, -0.25) is 14.9 Å². The van der Waals surface area contributed by atoms with Crippen molar-refractivity contribution in [2.24, 2.45) is 0 Å². The number of nitrogens with one attached hydrogen (secondary N) is 1. The second kappa shape index (κ2) is 8.79. The van der Waals surface area contributed by atoms with Crippen molar-refractivity contribution in [2.45, 2.75) is 26.9 Å². The van der Waals surface area contributed by atoms with E-state index in [0.29, 0.717) is 5.75 Å². The Kier molecular flexibility index (Phi) is 6.48. The average molecular weight is 372 g/mol. The first kappa shape index (κ1) is 19.9. The number of esters is 1. The van der Waals surface area contributed by atoms with Gasteiger partial charge in [0.2, 0.25) is 0 Å². The van der Waals surface area contributed by atoms with Crippen molar-refractivity contribution in [1.82, 2.24) is 0 Å². The summed E-state index contributed by atoms with van der Waals surface area (Å²) in [7, 11) is 0. The molecule has 8 nitrogen and oxygen atoms in total. The smallest absolute Gasteiger partial charge is 0.347 e. The van der Waals surface area contributed by atoms with E-state index in [-0.39, 0.29) is 11.4 Å². The molecule has 1 N–H and O–H groups in total. The summed E-state index contributed by atoms with van der Waals surface area (Å²) in [4.78, 5) is 34.5. The molecule has 1 atom stereocenters. The highest BCUT2D eigenvalue weighted by molar-refractivity contribution is 5.95. The average Bonchev–Trinajstić information content (AvgIpc) is 2.63. The molecule has 0 heterocycles. The minimum atomic E-state index is -0.906. The molecule has 0 unspecified atom stereocenters. The minimum absolute atomic E-state index is 0.0535. The van der Waals surface area contributed by atoms with E-state index in [1.807, 2.05) is 6.07 Å². The van der Waals surface area contributed by atoms with Crippen LogP contribution >= 0.6 is 0 Å². The Morgan fingerprint density at radius 2 is 1.78 bits per heavy atom. The molecule has 1 amide bonds. The van der Waals surface area contributed by atoms with E-state index in [1.165, 1.54) is 19.1 Å². The summed E-state index contributed by atoms with van der Waals surface area (Å²) in [6, 6.07) is 11.6. The number of nitrogens with zero attached hydrogens (tertiary/aromatic N) is 1. The lowest BCUT2D eigenvalue weighted by molar-refractivity contribution is -0.384. The van der Waals surface area contributed by atoms with E-state index in [4.69, 9.17) is 9.47 Å². The second-order valence-electron chi connectivity index (χ2n) is 5.94. The van der Waals surface area contributed by atoms with Crippen molar-refractivity contribution in [1.29, 1.82) is 0 Å². The maximum absolute atomic E-state index is 12.0. The molecule has 142 valence electrons. The first-order valence-electron chi connectivity index (χ1n) is 8.21. The number of aryl methyl sites for hydroxylation is 2. The molecule has 0 aromatic heterocycles. The van der Waals surface area contributed by atoms with Crippen LogP contribution in [0.3, 0.4) is 0 Å². The van der Waals surface area contributed by atoms with Crippen LogP contribution in [0.5, 0.6) is 5.75 Å². The van der Waals surface area contributed by atoms with Gasteiger partial charge in [0.15, 0.2) is 12.7 Å². The number of rotatable bonds is 7. The van der Waals surface area contributed by atoms with E-state index in [2.05, 4.69) is 5.32 Å². The largest absolute Gasteiger partial charge is 0.479 e. The Bertz CT molecular complexity index is 851. The Morgan fingerprint density at radius 3 is 2.41 bits per heavy atom. The van der Waals surface area contributed by atoms with Gasteiger partial charge in [0.05, 0.1) is 4.92 Å². The molecule has 0 bridgehead atoms. The molecule has 0 aliphatic rings. The van der Waals surface area contributed by atoms with Gasteiger partial charge < -0.3 is 14.8 Å². The van der Waals surface area contributed by atoms with Crippen LogP contribution in [-0.2, 0) is 14.3 Å². The number of para-hydroxylation sites is 1. The monoisotopic (exact) mass is 372 g/mol. The number of amides is 1. The molecule has 0 aliphatic carbocycles. The number of benzene rings is 2. The molecule has 0 saturated heterocycles. The van der Waals surface area contributed by atoms with Crippen molar-refractivity contribution in [3.05, 3.63) is 63.7 Å². The highest BCUT2D eigenvalue weighted by Crippen LogP contribution is 2.27. The van der Waals surface area contributed by atoms with Crippen LogP contribution < -0.4 is 10.1 Å². The number of anilines is 1. The molecule has 0 saturated carbocycles. The van der Waals surface area contributed by atoms with E-state index in [0.717, 1.165) is 11.1 Å². The maximum atomic E-state index is 12.0. The third kappa shape index (κ3) is 5.53. The van der Waals surface area contributed by atoms with Crippen molar-refractivity contribution in [3.63, 3.8) is 0 Å². The Hall–Kier alpha value is -3.42. The van der Waals surface area contributed by atoms with Gasteiger partial charge >= 0.3 is 5.97 Å². The fourth-order valence-corrected chi connectivity index (χ4v) is 2.24. The molecule has 2 aromatic carbocycles. The van der Waals surface area contributed by atoms with E-state index in [9.17, 15) is 19.7 Å². The molecule has 0 fully saturated rings. The number of carbonyl (C=O) groups excluding carboxylic acids is 2. The SMILES string of the molecule is Cc1cc(NC(=O)COC(=O)[C@H](C)Oc2ccccc2)c([N+](=O)[O-])cc1C. The highest BCUT2D eigenvalue weighted by atomic mass is 16.6. The van der Waals surface area contributed by atoms with Crippen molar-refractivity contribution >= 4 is 23.3 Å². The van der Waals surface area contributed by atoms with E-state index < -0.39 is 29.5 Å². The summed E-state index contributed by atoms with van der Waals surface area (Å²) >= 11 is 0. The molecule has 2 aromatic rings. The number of nitro groups is 1. The maximum Gasteiger partial charge on any atom is 0.347 e. The van der Waals surface area contributed by atoms with Gasteiger partial charge in [0.25, 0.3) is 11.6 Å². The summed E-state index contributed by atoms with van der Waals surface area (Å²) in [5, 5.41) is 13.6. The van der Waals surface area contributed by atoms with Gasteiger partial charge in [-0.25, -0.2) is 4.79 Å². The van der Waals surface area contributed by atoms with Gasteiger partial charge in [-0.15, -0.1) is 0 Å². The Balaban J connectivity index is 1.93. The molecule has 0 spiro atoms. The zero-order valence-corrected chi connectivity index (χ0v) is 15.2. The predicted octanol–water partition coefficient (Wildman–Crippen LogP) is 3.16. The molecular weight excluding hydrogens is 352 g/mol. The predicted molar refractivity (Wildman–Crippen MR) is 98.7 cm³/mol. The van der Waals surface area contributed by atoms with Crippen LogP contribution in [0.25, 0.3) is 0 Å². The molecule has 0 radical (unpaired) electrons. The third-order valence-corrected chi connectivity index (χ3v) is 3.82. The van der Waals surface area contributed by atoms with Crippen LogP contribution in [-0.4, -0.2) is 29.5 Å². The first-order valence-corrected chi connectivity index (χ1v) is 8.21. The molecule has 27 heavy (non-hydrogen) atoms. The van der Waals surface area contributed by atoms with Crippen LogP contribution in [0.2, 0.25) is 0 Å². The van der Waals surface area contributed by atoms with Gasteiger partial charge in [-0.05, 0) is 50.1 Å². The van der Waals surface area contributed by atoms with Gasteiger partial charge in [0.1, 0.15) is 11.4 Å². The van der Waals surface area contributed by atoms with Gasteiger partial charge in [-0.2, -0.15) is 0 Å². The summed E-state index contributed by atoms with van der Waals surface area (Å²) in [5.74, 6) is -0.901. The lowest BCUT2D eigenvalue weighted by atomic mass is 10.1. The highest BCUT2D eigenvalue weighted by Gasteiger charge is 2.20. The first-order chi connectivity index (χ1) is 12.8. The van der Waals surface area contributed by atoms with Crippen molar-refractivity contribution in [2.75, 3.05) is 11.9 Å². The number of carbonyl (C=O) groups is 2. The quantitative estimate of drug-likeness (QED) is 0.454. The lowest BCUT2D eigenvalue weighted by Gasteiger charge is -2.14. The van der Waals surface area contributed by atoms with Crippen LogP contribution in [0, 0.1) is 24.0 Å². The molecule has 0 aliphatic heterocycles. The number of hydrogen-bond donors (Lipinski definition) is 1. The normalized spacial score (nSPS) is 11.4. The second-order valence-corrected chi connectivity index (χ2v) is 5.94.